The predicted molar refractivity (Wildman–Crippen MR) is 102 cm³/mol. The van der Waals surface area contributed by atoms with Gasteiger partial charge in [0.1, 0.15) is 11.9 Å². The third-order valence-corrected chi connectivity index (χ3v) is 4.22. The van der Waals surface area contributed by atoms with Crippen molar-refractivity contribution < 1.29 is 24.5 Å². The van der Waals surface area contributed by atoms with Crippen molar-refractivity contribution in [3.63, 3.8) is 0 Å². The zero-order valence-electron chi connectivity index (χ0n) is 15.0. The van der Waals surface area contributed by atoms with Crippen LogP contribution in [0, 0.1) is 0 Å². The Balaban J connectivity index is 0.000000166. The van der Waals surface area contributed by atoms with E-state index in [1.165, 1.54) is 18.1 Å². The molecule has 3 aromatic rings. The van der Waals surface area contributed by atoms with E-state index in [1.54, 1.807) is 12.1 Å². The number of aliphatic hydroxyl groups is 2. The van der Waals surface area contributed by atoms with E-state index in [0.717, 1.165) is 10.8 Å². The van der Waals surface area contributed by atoms with Crippen molar-refractivity contribution in [2.75, 3.05) is 0 Å². The second kappa shape index (κ2) is 8.77. The van der Waals surface area contributed by atoms with Gasteiger partial charge in [-0.15, -0.1) is 0 Å². The summed E-state index contributed by atoms with van der Waals surface area (Å²) in [6, 6.07) is 21.2. The van der Waals surface area contributed by atoms with Gasteiger partial charge in [0.05, 0.1) is 6.61 Å². The number of fused-ring (bicyclic) bond motifs is 2. The largest absolute Gasteiger partial charge is 0.425 e. The van der Waals surface area contributed by atoms with Crippen molar-refractivity contribution in [2.45, 2.75) is 32.3 Å². The first-order valence-corrected chi connectivity index (χ1v) is 8.78. The van der Waals surface area contributed by atoms with E-state index in [-0.39, 0.29) is 0 Å². The molecule has 0 saturated heterocycles. The van der Waals surface area contributed by atoms with Crippen molar-refractivity contribution in [2.24, 2.45) is 0 Å². The predicted octanol–water partition coefficient (Wildman–Crippen LogP) is 3.20. The van der Waals surface area contributed by atoms with Crippen LogP contribution in [0.2, 0.25) is 0 Å². The molecule has 0 fully saturated rings. The number of carbonyl (C=O) groups excluding carboxylic acids is 1. The number of carbonyl (C=O) groups is 1. The van der Waals surface area contributed by atoms with Gasteiger partial charge in [0.25, 0.3) is 0 Å². The number of esters is 1. The van der Waals surface area contributed by atoms with E-state index in [1.807, 2.05) is 54.6 Å². The van der Waals surface area contributed by atoms with E-state index in [2.05, 4.69) is 0 Å². The maximum Gasteiger partial charge on any atom is 0.340 e. The molecule has 0 aliphatic carbocycles. The van der Waals surface area contributed by atoms with Crippen molar-refractivity contribution in [3.05, 3.63) is 77.9 Å². The van der Waals surface area contributed by atoms with Gasteiger partial charge in [-0.3, -0.25) is 0 Å². The van der Waals surface area contributed by atoms with Gasteiger partial charge in [0.2, 0.25) is 0 Å². The third-order valence-electron chi connectivity index (χ3n) is 4.22. The van der Waals surface area contributed by atoms with Gasteiger partial charge < -0.3 is 19.7 Å². The fourth-order valence-corrected chi connectivity index (χ4v) is 2.76. The number of hydrogen-bond acceptors (Lipinski definition) is 5. The lowest BCUT2D eigenvalue weighted by Gasteiger charge is -2.20. The molecule has 1 aliphatic heterocycles. The summed E-state index contributed by atoms with van der Waals surface area (Å²) in [5.74, 6) is -0.195. The number of ether oxygens (including phenoxy) is 2. The quantitative estimate of drug-likeness (QED) is 0.538. The SMILES string of the molecule is CC(O)C(=O)Oc1ccc2ccccc2c1.OC1Cc2ccccc2CO1. The van der Waals surface area contributed by atoms with Gasteiger partial charge >= 0.3 is 5.97 Å². The van der Waals surface area contributed by atoms with E-state index >= 15 is 0 Å². The van der Waals surface area contributed by atoms with Crippen LogP contribution >= 0.6 is 0 Å². The van der Waals surface area contributed by atoms with Gasteiger partial charge in [-0.1, -0.05) is 54.6 Å². The first-order valence-electron chi connectivity index (χ1n) is 8.78. The lowest BCUT2D eigenvalue weighted by molar-refractivity contribution is -0.142. The number of aliphatic hydroxyl groups excluding tert-OH is 2. The van der Waals surface area contributed by atoms with Crippen LogP contribution in [0.15, 0.2) is 66.7 Å². The number of benzene rings is 3. The van der Waals surface area contributed by atoms with Crippen LogP contribution < -0.4 is 4.74 Å². The average molecular weight is 366 g/mol. The van der Waals surface area contributed by atoms with Crippen molar-refractivity contribution in [1.29, 1.82) is 0 Å². The molecule has 0 spiro atoms. The fourth-order valence-electron chi connectivity index (χ4n) is 2.76. The standard InChI is InChI=1S/C13H12O3.C9H10O2/c1-9(14)13(15)16-12-7-6-10-4-2-3-5-11(10)8-12;10-9-5-7-3-1-2-4-8(7)6-11-9/h2-9,14H,1H3;1-4,9-10H,5-6H2. The molecule has 5 heteroatoms. The third kappa shape index (κ3) is 5.14. The molecule has 27 heavy (non-hydrogen) atoms. The summed E-state index contributed by atoms with van der Waals surface area (Å²) >= 11 is 0. The van der Waals surface area contributed by atoms with Gasteiger partial charge in [-0.2, -0.15) is 0 Å². The summed E-state index contributed by atoms with van der Waals surface area (Å²) < 4.78 is 10.1. The second-order valence-electron chi connectivity index (χ2n) is 6.34. The van der Waals surface area contributed by atoms with Gasteiger partial charge in [-0.25, -0.2) is 4.79 Å². The molecule has 0 aromatic heterocycles. The van der Waals surface area contributed by atoms with Gasteiger partial charge in [0.15, 0.2) is 6.29 Å². The lowest BCUT2D eigenvalue weighted by Crippen LogP contribution is -2.22. The van der Waals surface area contributed by atoms with E-state index in [4.69, 9.17) is 19.7 Å². The summed E-state index contributed by atoms with van der Waals surface area (Å²) in [5, 5.41) is 20.2. The monoisotopic (exact) mass is 366 g/mol. The molecule has 4 rings (SSSR count). The molecular formula is C22H22O5. The Morgan fingerprint density at radius 2 is 1.70 bits per heavy atom. The van der Waals surface area contributed by atoms with Crippen LogP contribution in [0.5, 0.6) is 5.75 Å². The highest BCUT2D eigenvalue weighted by Crippen LogP contribution is 2.21. The highest BCUT2D eigenvalue weighted by molar-refractivity contribution is 5.85. The smallest absolute Gasteiger partial charge is 0.340 e. The highest BCUT2D eigenvalue weighted by Gasteiger charge is 2.15. The first-order chi connectivity index (χ1) is 13.0. The first kappa shape index (κ1) is 19.0. The summed E-state index contributed by atoms with van der Waals surface area (Å²) in [5.41, 5.74) is 2.39. The van der Waals surface area contributed by atoms with Crippen LogP contribution in [0.4, 0.5) is 0 Å². The minimum Gasteiger partial charge on any atom is -0.425 e. The average Bonchev–Trinajstić information content (AvgIpc) is 2.68. The Morgan fingerprint density at radius 1 is 1.04 bits per heavy atom. The number of rotatable bonds is 2. The maximum absolute atomic E-state index is 11.2. The zero-order chi connectivity index (χ0) is 19.2. The molecule has 2 N–H and O–H groups in total. The number of hydrogen-bond donors (Lipinski definition) is 2. The second-order valence-corrected chi connectivity index (χ2v) is 6.34. The summed E-state index contributed by atoms with van der Waals surface area (Å²) in [7, 11) is 0. The molecule has 140 valence electrons. The lowest BCUT2D eigenvalue weighted by atomic mass is 10.0. The Kier molecular flexibility index (Phi) is 6.19. The van der Waals surface area contributed by atoms with Crippen LogP contribution in [0.3, 0.4) is 0 Å². The van der Waals surface area contributed by atoms with E-state index in [9.17, 15) is 4.79 Å². The molecule has 0 amide bonds. The van der Waals surface area contributed by atoms with Crippen molar-refractivity contribution in [3.8, 4) is 5.75 Å². The Bertz CT molecular complexity index is 919. The van der Waals surface area contributed by atoms with E-state index < -0.39 is 18.4 Å². The van der Waals surface area contributed by atoms with Gasteiger partial charge in [-0.05, 0) is 41.0 Å². The molecule has 2 unspecified atom stereocenters. The molecule has 2 atom stereocenters. The molecule has 0 radical (unpaired) electrons. The van der Waals surface area contributed by atoms with Gasteiger partial charge in [0, 0.05) is 6.42 Å². The highest BCUT2D eigenvalue weighted by atomic mass is 16.6. The van der Waals surface area contributed by atoms with Crippen LogP contribution in [0.1, 0.15) is 18.1 Å². The Labute approximate surface area is 157 Å². The fraction of sp³-hybridized carbons (Fsp3) is 0.227. The molecule has 1 heterocycles. The molecule has 3 aromatic carbocycles. The maximum atomic E-state index is 11.2. The summed E-state index contributed by atoms with van der Waals surface area (Å²) in [4.78, 5) is 11.2. The molecule has 0 bridgehead atoms. The molecule has 5 nitrogen and oxygen atoms in total. The van der Waals surface area contributed by atoms with E-state index in [0.29, 0.717) is 18.8 Å². The Morgan fingerprint density at radius 3 is 2.44 bits per heavy atom. The zero-order valence-corrected chi connectivity index (χ0v) is 15.0. The molecular weight excluding hydrogens is 344 g/mol. The van der Waals surface area contributed by atoms with Crippen LogP contribution in [-0.4, -0.2) is 28.6 Å². The van der Waals surface area contributed by atoms with Crippen molar-refractivity contribution >= 4 is 16.7 Å². The molecule has 1 aliphatic rings. The molecule has 0 saturated carbocycles. The minimum atomic E-state index is -1.11. The normalized spacial score (nSPS) is 16.6. The summed E-state index contributed by atoms with van der Waals surface area (Å²) in [6.07, 6.45) is -1.09. The summed E-state index contributed by atoms with van der Waals surface area (Å²) in [6.45, 7) is 1.92. The topological polar surface area (TPSA) is 76.0 Å². The Hall–Kier alpha value is -2.73. The minimum absolute atomic E-state index is 0.449. The van der Waals surface area contributed by atoms with Crippen LogP contribution in [-0.2, 0) is 22.6 Å². The van der Waals surface area contributed by atoms with Crippen LogP contribution in [0.25, 0.3) is 10.8 Å². The van der Waals surface area contributed by atoms with Crippen molar-refractivity contribution in [1.82, 2.24) is 0 Å².